The summed E-state index contributed by atoms with van der Waals surface area (Å²) < 4.78 is 37.7. The second kappa shape index (κ2) is 3.16. The van der Waals surface area contributed by atoms with Gasteiger partial charge in [-0.3, -0.25) is 0 Å². The Morgan fingerprint density at radius 1 is 1.57 bits per heavy atom. The average Bonchev–Trinajstić information content (AvgIpc) is 2.31. The molecule has 0 aromatic carbocycles. The molecule has 0 saturated heterocycles. The van der Waals surface area contributed by atoms with Gasteiger partial charge in [-0.15, -0.1) is 0 Å². The summed E-state index contributed by atoms with van der Waals surface area (Å²) in [6.45, 7) is 0.0733. The molecule has 0 aliphatic heterocycles. The van der Waals surface area contributed by atoms with E-state index in [2.05, 4.69) is 4.98 Å². The molecule has 1 unspecified atom stereocenters. The van der Waals surface area contributed by atoms with Gasteiger partial charge >= 0.3 is 6.18 Å². The minimum absolute atomic E-state index is 0.114. The van der Waals surface area contributed by atoms with E-state index in [-0.39, 0.29) is 5.82 Å². The van der Waals surface area contributed by atoms with Crippen LogP contribution in [0.25, 0.3) is 0 Å². The third-order valence-corrected chi connectivity index (χ3v) is 1.75. The molecule has 7 heteroatoms. The number of aromatic nitrogens is 2. The first kappa shape index (κ1) is 10.8. The van der Waals surface area contributed by atoms with Gasteiger partial charge in [0.15, 0.2) is 5.60 Å². The molecule has 1 rings (SSSR count). The number of nitrogen functional groups attached to an aromatic ring is 1. The number of nitrogens with zero attached hydrogens (tertiary/aromatic N) is 2. The van der Waals surface area contributed by atoms with Crippen LogP contribution in [0.4, 0.5) is 19.0 Å². The molecule has 14 heavy (non-hydrogen) atoms. The number of alkyl halides is 3. The highest BCUT2D eigenvalue weighted by Gasteiger charge is 2.49. The zero-order valence-corrected chi connectivity index (χ0v) is 7.41. The maximum Gasteiger partial charge on any atom is 0.418 e. The molecule has 0 spiro atoms. The number of aliphatic hydroxyl groups is 1. The van der Waals surface area contributed by atoms with Crippen LogP contribution in [0.3, 0.4) is 0 Å². The highest BCUT2D eigenvalue weighted by atomic mass is 19.4. The van der Waals surface area contributed by atoms with Crippen molar-refractivity contribution in [3.63, 3.8) is 0 Å². The normalized spacial score (nSPS) is 16.6. The second-order valence-corrected chi connectivity index (χ2v) is 3.24. The number of anilines is 1. The lowest BCUT2D eigenvalue weighted by molar-refractivity contribution is -0.257. The maximum absolute atomic E-state index is 12.2. The first-order valence-electron chi connectivity index (χ1n) is 3.79. The fraction of sp³-hybridized carbons (Fsp3) is 0.571. The lowest BCUT2D eigenvalue weighted by atomic mass is 10.1. The summed E-state index contributed by atoms with van der Waals surface area (Å²) in [5.74, 6) is 0.114. The van der Waals surface area contributed by atoms with Gasteiger partial charge in [0.2, 0.25) is 0 Å². The molecule has 0 amide bonds. The third kappa shape index (κ3) is 2.16. The van der Waals surface area contributed by atoms with Gasteiger partial charge in [-0.1, -0.05) is 0 Å². The van der Waals surface area contributed by atoms with Crippen molar-refractivity contribution < 1.29 is 18.3 Å². The van der Waals surface area contributed by atoms with E-state index in [9.17, 15) is 13.2 Å². The van der Waals surface area contributed by atoms with Crippen molar-refractivity contribution in [3.05, 3.63) is 12.5 Å². The molecule has 1 atom stereocenters. The van der Waals surface area contributed by atoms with Crippen LogP contribution in [0.2, 0.25) is 0 Å². The van der Waals surface area contributed by atoms with Crippen LogP contribution in [0.1, 0.15) is 6.92 Å². The van der Waals surface area contributed by atoms with Crippen molar-refractivity contribution in [1.82, 2.24) is 9.55 Å². The molecule has 80 valence electrons. The van der Waals surface area contributed by atoms with Crippen LogP contribution in [-0.2, 0) is 6.54 Å². The van der Waals surface area contributed by atoms with E-state index in [0.717, 1.165) is 10.9 Å². The van der Waals surface area contributed by atoms with Gasteiger partial charge in [0, 0.05) is 6.20 Å². The summed E-state index contributed by atoms with van der Waals surface area (Å²) in [6.07, 6.45) is -2.32. The van der Waals surface area contributed by atoms with Crippen molar-refractivity contribution >= 4 is 5.82 Å². The Balaban J connectivity index is 2.78. The number of hydrogen-bond donors (Lipinski definition) is 2. The third-order valence-electron chi connectivity index (χ3n) is 1.75. The van der Waals surface area contributed by atoms with Crippen molar-refractivity contribution in [3.8, 4) is 0 Å². The lowest BCUT2D eigenvalue weighted by Gasteiger charge is -2.26. The molecule has 1 aromatic heterocycles. The summed E-state index contributed by atoms with van der Waals surface area (Å²) >= 11 is 0. The first-order chi connectivity index (χ1) is 6.22. The van der Waals surface area contributed by atoms with E-state index >= 15 is 0 Å². The fourth-order valence-electron chi connectivity index (χ4n) is 0.909. The van der Waals surface area contributed by atoms with E-state index < -0.39 is 18.3 Å². The Labute approximate surface area is 78.2 Å². The quantitative estimate of drug-likeness (QED) is 0.756. The van der Waals surface area contributed by atoms with Crippen molar-refractivity contribution in [2.75, 3.05) is 5.73 Å². The molecule has 0 fully saturated rings. The van der Waals surface area contributed by atoms with E-state index in [1.165, 1.54) is 6.20 Å². The van der Waals surface area contributed by atoms with Crippen LogP contribution in [-0.4, -0.2) is 26.4 Å². The molecule has 0 aliphatic rings. The van der Waals surface area contributed by atoms with Gasteiger partial charge in [0.05, 0.1) is 12.9 Å². The summed E-state index contributed by atoms with van der Waals surface area (Å²) in [7, 11) is 0. The zero-order valence-electron chi connectivity index (χ0n) is 7.41. The minimum Gasteiger partial charge on any atom is -0.382 e. The van der Waals surface area contributed by atoms with Gasteiger partial charge in [-0.05, 0) is 6.92 Å². The first-order valence-corrected chi connectivity index (χ1v) is 3.79. The molecule has 3 N–H and O–H groups in total. The predicted octanol–water partition coefficient (Wildman–Crippen LogP) is 0.779. The van der Waals surface area contributed by atoms with E-state index in [4.69, 9.17) is 10.8 Å². The number of rotatable bonds is 2. The Bertz CT molecular complexity index is 318. The predicted molar refractivity (Wildman–Crippen MR) is 43.3 cm³/mol. The minimum atomic E-state index is -4.67. The molecule has 1 heterocycles. The van der Waals surface area contributed by atoms with Crippen molar-refractivity contribution in [1.29, 1.82) is 0 Å². The van der Waals surface area contributed by atoms with Gasteiger partial charge < -0.3 is 15.4 Å². The van der Waals surface area contributed by atoms with Crippen LogP contribution >= 0.6 is 0 Å². The summed E-state index contributed by atoms with van der Waals surface area (Å²) in [5.41, 5.74) is 2.43. The van der Waals surface area contributed by atoms with Gasteiger partial charge in [0.25, 0.3) is 0 Å². The van der Waals surface area contributed by atoms with E-state index in [0.29, 0.717) is 6.92 Å². The van der Waals surface area contributed by atoms with Gasteiger partial charge in [-0.25, -0.2) is 4.98 Å². The second-order valence-electron chi connectivity index (χ2n) is 3.24. The molecule has 0 radical (unpaired) electrons. The SMILES string of the molecule is CC(O)(Cn1cnc(N)c1)C(F)(F)F. The molecule has 0 saturated carbocycles. The van der Waals surface area contributed by atoms with Gasteiger partial charge in [-0.2, -0.15) is 13.2 Å². The number of hydrogen-bond acceptors (Lipinski definition) is 3. The van der Waals surface area contributed by atoms with Crippen LogP contribution in [0, 0.1) is 0 Å². The largest absolute Gasteiger partial charge is 0.418 e. The molecule has 0 aliphatic carbocycles. The Morgan fingerprint density at radius 2 is 2.14 bits per heavy atom. The number of imidazole rings is 1. The Hall–Kier alpha value is -1.24. The zero-order chi connectivity index (χ0) is 11.0. The Kier molecular flexibility index (Phi) is 2.45. The van der Waals surface area contributed by atoms with E-state index in [1.54, 1.807) is 0 Å². The molecular formula is C7H10F3N3O. The average molecular weight is 209 g/mol. The fourth-order valence-corrected chi connectivity index (χ4v) is 0.909. The van der Waals surface area contributed by atoms with Crippen LogP contribution in [0.5, 0.6) is 0 Å². The maximum atomic E-state index is 12.2. The lowest BCUT2D eigenvalue weighted by Crippen LogP contribution is -2.45. The smallest absolute Gasteiger partial charge is 0.382 e. The Morgan fingerprint density at radius 3 is 2.50 bits per heavy atom. The molecule has 0 bridgehead atoms. The monoisotopic (exact) mass is 209 g/mol. The van der Waals surface area contributed by atoms with Crippen LogP contribution in [0.15, 0.2) is 12.5 Å². The van der Waals surface area contributed by atoms with Crippen LogP contribution < -0.4 is 5.73 Å². The highest BCUT2D eigenvalue weighted by molar-refractivity contribution is 5.22. The number of nitrogens with two attached hydrogens (primary N) is 1. The highest BCUT2D eigenvalue weighted by Crippen LogP contribution is 2.31. The number of halogens is 3. The van der Waals surface area contributed by atoms with E-state index in [1.807, 2.05) is 0 Å². The standard InChI is InChI=1S/C7H10F3N3O/c1-6(14,7(8,9)10)3-13-2-5(11)12-4-13/h2,4,14H,3,11H2,1H3. The topological polar surface area (TPSA) is 64.1 Å². The molecule has 1 aromatic rings. The summed E-state index contributed by atoms with van der Waals surface area (Å²) in [6, 6.07) is 0. The van der Waals surface area contributed by atoms with Crippen molar-refractivity contribution in [2.45, 2.75) is 25.2 Å². The van der Waals surface area contributed by atoms with Gasteiger partial charge in [0.1, 0.15) is 5.82 Å². The van der Waals surface area contributed by atoms with Crippen molar-refractivity contribution in [2.24, 2.45) is 0 Å². The summed E-state index contributed by atoms with van der Waals surface area (Å²) in [4.78, 5) is 3.55. The molecular weight excluding hydrogens is 199 g/mol. The summed E-state index contributed by atoms with van der Waals surface area (Å²) in [5, 5.41) is 9.10. The molecule has 4 nitrogen and oxygen atoms in total.